The van der Waals surface area contributed by atoms with Crippen LogP contribution in [0.4, 0.5) is 0 Å². The molecule has 106 valence electrons. The monoisotopic (exact) mass is 276 g/mol. The Morgan fingerprint density at radius 3 is 2.75 bits per heavy atom. The van der Waals surface area contributed by atoms with Crippen LogP contribution < -0.4 is 0 Å². The second-order valence-corrected chi connectivity index (χ2v) is 5.80. The first-order valence-corrected chi connectivity index (χ1v) is 6.51. The van der Waals surface area contributed by atoms with Gasteiger partial charge in [-0.2, -0.15) is 5.26 Å². The zero-order valence-corrected chi connectivity index (χ0v) is 11.3. The van der Waals surface area contributed by atoms with Crippen LogP contribution in [0.3, 0.4) is 0 Å². The second kappa shape index (κ2) is 4.07. The lowest BCUT2D eigenvalue weighted by Gasteiger charge is -2.34. The Hall–Kier alpha value is -1.85. The highest BCUT2D eigenvalue weighted by Crippen LogP contribution is 2.52. The summed E-state index contributed by atoms with van der Waals surface area (Å²) in [5.41, 5.74) is -0.806. The lowest BCUT2D eigenvalue weighted by atomic mass is 9.85. The van der Waals surface area contributed by atoms with E-state index >= 15 is 0 Å². The lowest BCUT2D eigenvalue weighted by Crippen LogP contribution is -2.39. The molecule has 0 saturated heterocycles. The fraction of sp³-hybridized carbons (Fsp3) is 0.400. The van der Waals surface area contributed by atoms with Crippen molar-refractivity contribution in [3.05, 3.63) is 41.0 Å². The average molecular weight is 276 g/mol. The Morgan fingerprint density at radius 1 is 1.35 bits per heavy atom. The number of hydrogen-bond donors (Lipinski definition) is 2. The van der Waals surface area contributed by atoms with Gasteiger partial charge in [-0.1, -0.05) is 24.3 Å². The summed E-state index contributed by atoms with van der Waals surface area (Å²) in [5, 5.41) is 19.5. The first-order valence-electron chi connectivity index (χ1n) is 6.51. The molecule has 2 aliphatic rings. The van der Waals surface area contributed by atoms with E-state index in [0.29, 0.717) is 35.3 Å². The highest BCUT2D eigenvalue weighted by atomic mass is 17.1. The van der Waals surface area contributed by atoms with Gasteiger partial charge in [0.15, 0.2) is 0 Å². The summed E-state index contributed by atoms with van der Waals surface area (Å²) >= 11 is 0. The number of aliphatic hydroxyl groups is 1. The van der Waals surface area contributed by atoms with E-state index in [1.165, 1.54) is 0 Å². The number of benzene rings is 1. The predicted octanol–water partition coefficient (Wildman–Crippen LogP) is 2.20. The first-order chi connectivity index (χ1) is 9.40. The van der Waals surface area contributed by atoms with Gasteiger partial charge < -0.3 is 9.84 Å². The van der Waals surface area contributed by atoms with Crippen LogP contribution >= 0.6 is 0 Å². The van der Waals surface area contributed by atoms with Gasteiger partial charge in [0.05, 0.1) is 0 Å². The van der Waals surface area contributed by atoms with Gasteiger partial charge in [0, 0.05) is 16.7 Å². The molecule has 5 nitrogen and oxygen atoms in total. The molecule has 0 radical (unpaired) electrons. The summed E-state index contributed by atoms with van der Waals surface area (Å²) in [6.45, 7) is 3.92. The molecule has 1 heterocycles. The van der Waals surface area contributed by atoms with E-state index < -0.39 is 11.6 Å². The van der Waals surface area contributed by atoms with E-state index in [-0.39, 0.29) is 5.60 Å². The van der Waals surface area contributed by atoms with E-state index in [9.17, 15) is 9.90 Å². The number of fused-ring (bicyclic) bond motifs is 2. The van der Waals surface area contributed by atoms with Crippen LogP contribution in [0.5, 0.6) is 0 Å². The minimum absolute atomic E-state index is 0.361. The van der Waals surface area contributed by atoms with Crippen molar-refractivity contribution in [3.63, 3.8) is 0 Å². The molecule has 3 rings (SSSR count). The first kappa shape index (κ1) is 13.1. The maximum Gasteiger partial charge on any atom is 0.382 e. The van der Waals surface area contributed by atoms with E-state index in [2.05, 4.69) is 4.89 Å². The van der Waals surface area contributed by atoms with Crippen LogP contribution in [0.2, 0.25) is 0 Å². The van der Waals surface area contributed by atoms with Crippen LogP contribution in [0.15, 0.2) is 29.8 Å². The molecule has 0 saturated carbocycles. The molecular weight excluding hydrogens is 260 g/mol. The summed E-state index contributed by atoms with van der Waals surface area (Å²) in [7, 11) is 0. The summed E-state index contributed by atoms with van der Waals surface area (Å²) in [6, 6.07) is 6.96. The zero-order valence-electron chi connectivity index (χ0n) is 11.3. The van der Waals surface area contributed by atoms with Gasteiger partial charge in [0.25, 0.3) is 0 Å². The van der Waals surface area contributed by atoms with Gasteiger partial charge >= 0.3 is 5.97 Å². The molecule has 1 aliphatic heterocycles. The molecule has 0 aromatic heterocycles. The average Bonchev–Trinajstić information content (AvgIpc) is 2.68. The maximum atomic E-state index is 11.9. The molecule has 1 aromatic carbocycles. The van der Waals surface area contributed by atoms with Gasteiger partial charge in [-0.15, -0.1) is 0 Å². The normalized spacial score (nSPS) is 26.6. The molecule has 1 aliphatic carbocycles. The molecule has 0 fully saturated rings. The summed E-state index contributed by atoms with van der Waals surface area (Å²) in [4.78, 5) is 15.7. The lowest BCUT2D eigenvalue weighted by molar-refractivity contribution is -0.250. The quantitative estimate of drug-likeness (QED) is 0.607. The zero-order chi connectivity index (χ0) is 14.5. The molecular formula is C15H16O5. The molecule has 5 heteroatoms. The van der Waals surface area contributed by atoms with E-state index in [1.54, 1.807) is 18.2 Å². The topological polar surface area (TPSA) is 76.0 Å². The third kappa shape index (κ3) is 1.60. The molecule has 0 spiro atoms. The Kier molecular flexibility index (Phi) is 2.68. The van der Waals surface area contributed by atoms with Crippen molar-refractivity contribution >= 4 is 11.7 Å². The van der Waals surface area contributed by atoms with Gasteiger partial charge in [-0.05, 0) is 26.7 Å². The minimum atomic E-state index is -1.96. The Bertz CT molecular complexity index is 616. The fourth-order valence-electron chi connectivity index (χ4n) is 2.95. The van der Waals surface area contributed by atoms with Crippen molar-refractivity contribution in [3.8, 4) is 0 Å². The number of carbonyl (C=O) groups is 1. The van der Waals surface area contributed by atoms with E-state index in [4.69, 9.17) is 9.99 Å². The predicted molar refractivity (Wildman–Crippen MR) is 70.4 cm³/mol. The third-order valence-corrected chi connectivity index (χ3v) is 4.01. The van der Waals surface area contributed by atoms with Crippen molar-refractivity contribution in [1.29, 1.82) is 0 Å². The number of carbonyl (C=O) groups excluding carboxylic acids is 1. The highest BCUT2D eigenvalue weighted by molar-refractivity contribution is 5.94. The summed E-state index contributed by atoms with van der Waals surface area (Å²) in [6.07, 6.45) is 1.17. The Morgan fingerprint density at radius 2 is 2.05 bits per heavy atom. The van der Waals surface area contributed by atoms with Crippen LogP contribution in [-0.2, 0) is 20.0 Å². The van der Waals surface area contributed by atoms with Crippen LogP contribution in [0.1, 0.15) is 37.8 Å². The largest absolute Gasteiger partial charge is 0.487 e. The van der Waals surface area contributed by atoms with E-state index in [1.807, 2.05) is 19.9 Å². The minimum Gasteiger partial charge on any atom is -0.487 e. The van der Waals surface area contributed by atoms with Crippen molar-refractivity contribution < 1.29 is 24.8 Å². The molecule has 2 N–H and O–H groups in total. The Balaban J connectivity index is 2.22. The standard InChI is InChI=1S/C15H16O5/c1-14(2)8-7-11-12(19-14)9-5-3-4-6-10(9)15(11,17)13(16)20-18/h3-6,17-18H,7-8H2,1-2H3. The van der Waals surface area contributed by atoms with Crippen molar-refractivity contribution in [1.82, 2.24) is 0 Å². The van der Waals surface area contributed by atoms with Crippen molar-refractivity contribution in [2.45, 2.75) is 37.9 Å². The summed E-state index contributed by atoms with van der Waals surface area (Å²) in [5.74, 6) is -0.581. The van der Waals surface area contributed by atoms with Gasteiger partial charge in [-0.3, -0.25) is 4.89 Å². The van der Waals surface area contributed by atoms with Crippen molar-refractivity contribution in [2.24, 2.45) is 0 Å². The van der Waals surface area contributed by atoms with Gasteiger partial charge in [-0.25, -0.2) is 4.79 Å². The molecule has 1 atom stereocenters. The SMILES string of the molecule is CC1(C)CCC2=C(O1)c1ccccc1C2(O)C(=O)OO. The number of hydrogen-bond acceptors (Lipinski definition) is 5. The number of rotatable bonds is 1. The fourth-order valence-corrected chi connectivity index (χ4v) is 2.95. The second-order valence-electron chi connectivity index (χ2n) is 5.80. The Labute approximate surface area is 116 Å². The van der Waals surface area contributed by atoms with Gasteiger partial charge in [0.2, 0.25) is 5.60 Å². The van der Waals surface area contributed by atoms with Crippen LogP contribution in [0, 0.1) is 0 Å². The van der Waals surface area contributed by atoms with Crippen LogP contribution in [0.25, 0.3) is 5.76 Å². The molecule has 0 bridgehead atoms. The van der Waals surface area contributed by atoms with Gasteiger partial charge in [0.1, 0.15) is 11.4 Å². The highest BCUT2D eigenvalue weighted by Gasteiger charge is 2.54. The van der Waals surface area contributed by atoms with E-state index in [0.717, 1.165) is 0 Å². The van der Waals surface area contributed by atoms with Crippen molar-refractivity contribution in [2.75, 3.05) is 0 Å². The smallest absolute Gasteiger partial charge is 0.382 e. The number of ether oxygens (including phenoxy) is 1. The molecule has 0 amide bonds. The molecule has 1 unspecified atom stereocenters. The van der Waals surface area contributed by atoms with Crippen LogP contribution in [-0.4, -0.2) is 21.9 Å². The third-order valence-electron chi connectivity index (χ3n) is 4.01. The maximum absolute atomic E-state index is 11.9. The molecule has 1 aromatic rings. The summed E-state index contributed by atoms with van der Waals surface area (Å²) < 4.78 is 5.94. The molecule has 20 heavy (non-hydrogen) atoms.